The molecule has 0 radical (unpaired) electrons. The minimum absolute atomic E-state index is 0.161. The summed E-state index contributed by atoms with van der Waals surface area (Å²) in [5.41, 5.74) is 1.16. The molecule has 2 aliphatic rings. The fourth-order valence-corrected chi connectivity index (χ4v) is 3.75. The maximum absolute atomic E-state index is 12.5. The largest absolute Gasteiger partial charge is 0.376 e. The second-order valence-electron chi connectivity index (χ2n) is 7.59. The van der Waals surface area contributed by atoms with Crippen LogP contribution in [0.3, 0.4) is 0 Å². The molecule has 1 aliphatic heterocycles. The highest BCUT2D eigenvalue weighted by atomic mass is 16.5. The Morgan fingerprint density at radius 2 is 2.04 bits per heavy atom. The van der Waals surface area contributed by atoms with Crippen molar-refractivity contribution < 1.29 is 14.1 Å². The molecule has 1 atom stereocenters. The molecule has 6 nitrogen and oxygen atoms in total. The van der Waals surface area contributed by atoms with Gasteiger partial charge in [0.25, 0.3) is 0 Å². The van der Waals surface area contributed by atoms with E-state index in [1.807, 2.05) is 35.2 Å². The first-order chi connectivity index (χ1) is 13.3. The van der Waals surface area contributed by atoms with Gasteiger partial charge in [0, 0.05) is 25.4 Å². The summed E-state index contributed by atoms with van der Waals surface area (Å²) >= 11 is 0. The molecule has 2 aromatic rings. The lowest BCUT2D eigenvalue weighted by atomic mass is 9.83. The molecule has 0 N–H and O–H groups in total. The number of likely N-dealkylation sites (tertiary alicyclic amines) is 1. The number of aromatic nitrogens is 2. The van der Waals surface area contributed by atoms with Crippen LogP contribution in [-0.4, -0.2) is 40.6 Å². The number of carbonyl (C=O) groups excluding carboxylic acids is 1. The fourth-order valence-electron chi connectivity index (χ4n) is 3.75. The van der Waals surface area contributed by atoms with Crippen LogP contribution in [-0.2, 0) is 22.6 Å². The number of nitrogens with zero attached hydrogens (tertiary/aromatic N) is 3. The molecule has 27 heavy (non-hydrogen) atoms. The predicted molar refractivity (Wildman–Crippen MR) is 100.0 cm³/mol. The Morgan fingerprint density at radius 1 is 1.19 bits per heavy atom. The highest BCUT2D eigenvalue weighted by Gasteiger charge is 2.34. The van der Waals surface area contributed by atoms with E-state index in [-0.39, 0.29) is 11.8 Å². The molecule has 1 aliphatic carbocycles. The van der Waals surface area contributed by atoms with Crippen LogP contribution in [0.15, 0.2) is 34.9 Å². The molecule has 1 amide bonds. The Bertz CT molecular complexity index is 742. The molecule has 6 heteroatoms. The molecule has 4 rings (SSSR count). The van der Waals surface area contributed by atoms with E-state index in [0.29, 0.717) is 43.8 Å². The fraction of sp³-hybridized carbons (Fsp3) is 0.571. The van der Waals surface area contributed by atoms with Gasteiger partial charge in [-0.3, -0.25) is 4.79 Å². The van der Waals surface area contributed by atoms with Gasteiger partial charge >= 0.3 is 0 Å². The van der Waals surface area contributed by atoms with Gasteiger partial charge in [-0.15, -0.1) is 0 Å². The second kappa shape index (κ2) is 8.65. The predicted octanol–water partition coefficient (Wildman–Crippen LogP) is 3.34. The van der Waals surface area contributed by atoms with Crippen LogP contribution in [0.1, 0.15) is 55.3 Å². The van der Waals surface area contributed by atoms with Gasteiger partial charge in [-0.05, 0) is 31.2 Å². The third kappa shape index (κ3) is 4.56. The van der Waals surface area contributed by atoms with Crippen molar-refractivity contribution in [3.63, 3.8) is 0 Å². The lowest BCUT2D eigenvalue weighted by Crippen LogP contribution is -2.44. The standard InChI is InChI=1S/C21H27N3O3/c25-21(17-8-4-9-17)24-12-5-10-18(14-24)20-22-19(23-27-20)11-13-26-15-16-6-2-1-3-7-16/h1-3,6-7,17-18H,4-5,8-15H2. The van der Waals surface area contributed by atoms with Crippen LogP contribution in [0.2, 0.25) is 0 Å². The van der Waals surface area contributed by atoms with Gasteiger partial charge in [-0.2, -0.15) is 4.98 Å². The molecule has 1 unspecified atom stereocenters. The number of piperidine rings is 1. The molecule has 1 aromatic heterocycles. The first-order valence-electron chi connectivity index (χ1n) is 10.0. The lowest BCUT2D eigenvalue weighted by Gasteiger charge is -2.36. The van der Waals surface area contributed by atoms with Crippen molar-refractivity contribution in [3.05, 3.63) is 47.6 Å². The third-order valence-electron chi connectivity index (χ3n) is 5.60. The van der Waals surface area contributed by atoms with E-state index in [2.05, 4.69) is 10.1 Å². The van der Waals surface area contributed by atoms with Gasteiger partial charge in [0.2, 0.25) is 11.8 Å². The maximum Gasteiger partial charge on any atom is 0.231 e. The number of hydrogen-bond donors (Lipinski definition) is 0. The zero-order valence-corrected chi connectivity index (χ0v) is 15.7. The van der Waals surface area contributed by atoms with Crippen molar-refractivity contribution in [1.82, 2.24) is 15.0 Å². The van der Waals surface area contributed by atoms with Gasteiger partial charge in [-0.25, -0.2) is 0 Å². The molecule has 144 valence electrons. The first kappa shape index (κ1) is 18.2. The quantitative estimate of drug-likeness (QED) is 0.700. The molecule has 1 saturated carbocycles. The molecule has 1 aromatic carbocycles. The minimum Gasteiger partial charge on any atom is -0.376 e. The van der Waals surface area contributed by atoms with E-state index >= 15 is 0 Å². The number of amides is 1. The van der Waals surface area contributed by atoms with Gasteiger partial charge in [0.1, 0.15) is 0 Å². The Balaban J connectivity index is 1.25. The first-order valence-corrected chi connectivity index (χ1v) is 10.0. The van der Waals surface area contributed by atoms with E-state index < -0.39 is 0 Å². The number of benzene rings is 1. The van der Waals surface area contributed by atoms with Crippen LogP contribution < -0.4 is 0 Å². The van der Waals surface area contributed by atoms with Gasteiger partial charge < -0.3 is 14.2 Å². The van der Waals surface area contributed by atoms with E-state index in [4.69, 9.17) is 9.26 Å². The summed E-state index contributed by atoms with van der Waals surface area (Å²) in [6.07, 6.45) is 5.92. The summed E-state index contributed by atoms with van der Waals surface area (Å²) in [7, 11) is 0. The Kier molecular flexibility index (Phi) is 5.82. The summed E-state index contributed by atoms with van der Waals surface area (Å²) < 4.78 is 11.2. The number of carbonyl (C=O) groups is 1. The molecule has 2 heterocycles. The minimum atomic E-state index is 0.161. The topological polar surface area (TPSA) is 68.5 Å². The van der Waals surface area contributed by atoms with Gasteiger partial charge in [0.05, 0.1) is 19.1 Å². The van der Waals surface area contributed by atoms with Gasteiger partial charge in [-0.1, -0.05) is 41.9 Å². The monoisotopic (exact) mass is 369 g/mol. The summed E-state index contributed by atoms with van der Waals surface area (Å²) in [6, 6.07) is 10.1. The zero-order valence-electron chi connectivity index (χ0n) is 15.7. The molecular formula is C21H27N3O3. The van der Waals surface area contributed by atoms with Crippen LogP contribution in [0.25, 0.3) is 0 Å². The molecule has 0 bridgehead atoms. The Morgan fingerprint density at radius 3 is 2.81 bits per heavy atom. The van der Waals surface area contributed by atoms with Crippen molar-refractivity contribution in [3.8, 4) is 0 Å². The number of hydrogen-bond acceptors (Lipinski definition) is 5. The van der Waals surface area contributed by atoms with E-state index in [9.17, 15) is 4.79 Å². The zero-order chi connectivity index (χ0) is 18.5. The summed E-state index contributed by atoms with van der Waals surface area (Å²) in [4.78, 5) is 19.1. The second-order valence-corrected chi connectivity index (χ2v) is 7.59. The highest BCUT2D eigenvalue weighted by Crippen LogP contribution is 2.32. The summed E-state index contributed by atoms with van der Waals surface area (Å²) in [6.45, 7) is 2.72. The van der Waals surface area contributed by atoms with Crippen molar-refractivity contribution in [1.29, 1.82) is 0 Å². The third-order valence-corrected chi connectivity index (χ3v) is 5.60. The highest BCUT2D eigenvalue weighted by molar-refractivity contribution is 5.79. The van der Waals surface area contributed by atoms with E-state index in [1.165, 1.54) is 6.42 Å². The van der Waals surface area contributed by atoms with Crippen LogP contribution in [0, 0.1) is 5.92 Å². The smallest absolute Gasteiger partial charge is 0.231 e. The van der Waals surface area contributed by atoms with Crippen molar-refractivity contribution >= 4 is 5.91 Å². The number of rotatable bonds is 7. The van der Waals surface area contributed by atoms with Crippen molar-refractivity contribution in [2.24, 2.45) is 5.92 Å². The SMILES string of the molecule is O=C(C1CCC1)N1CCCC(c2nc(CCOCc3ccccc3)no2)C1. The van der Waals surface area contributed by atoms with E-state index in [1.54, 1.807) is 0 Å². The Labute approximate surface area is 159 Å². The molecular weight excluding hydrogens is 342 g/mol. The summed E-state index contributed by atoms with van der Waals surface area (Å²) in [5, 5.41) is 4.10. The molecule has 0 spiro atoms. The van der Waals surface area contributed by atoms with Crippen LogP contribution in [0.5, 0.6) is 0 Å². The van der Waals surface area contributed by atoms with Crippen molar-refractivity contribution in [2.75, 3.05) is 19.7 Å². The lowest BCUT2D eigenvalue weighted by molar-refractivity contribution is -0.139. The van der Waals surface area contributed by atoms with Gasteiger partial charge in [0.15, 0.2) is 5.82 Å². The van der Waals surface area contributed by atoms with Crippen molar-refractivity contribution in [2.45, 2.75) is 51.0 Å². The molecule has 2 fully saturated rings. The van der Waals surface area contributed by atoms with Crippen LogP contribution >= 0.6 is 0 Å². The Hall–Kier alpha value is -2.21. The summed E-state index contributed by atoms with van der Waals surface area (Å²) in [5.74, 6) is 2.08. The average Bonchev–Trinajstić information content (AvgIpc) is 3.14. The molecule has 1 saturated heterocycles. The maximum atomic E-state index is 12.5. The van der Waals surface area contributed by atoms with Crippen LogP contribution in [0.4, 0.5) is 0 Å². The number of ether oxygens (including phenoxy) is 1. The van der Waals surface area contributed by atoms with E-state index in [0.717, 1.165) is 37.8 Å². The normalized spacial score (nSPS) is 20.4. The average molecular weight is 369 g/mol.